The quantitative estimate of drug-likeness (QED) is 0.0398. The van der Waals surface area contributed by atoms with Crippen molar-refractivity contribution in [2.45, 2.75) is 148 Å². The summed E-state index contributed by atoms with van der Waals surface area (Å²) >= 11 is 0. The van der Waals surface area contributed by atoms with E-state index in [1.54, 1.807) is 0 Å². The van der Waals surface area contributed by atoms with Crippen LogP contribution in [0.25, 0.3) is 0 Å². The van der Waals surface area contributed by atoms with Crippen LogP contribution in [0, 0.1) is 0 Å². The summed E-state index contributed by atoms with van der Waals surface area (Å²) in [5.74, 6) is -0.726. The van der Waals surface area contributed by atoms with Gasteiger partial charge >= 0.3 is 11.9 Å². The Hall–Kier alpha value is -3.96. The average Bonchev–Trinajstić information content (AvgIpc) is 3.17. The van der Waals surface area contributed by atoms with E-state index in [0.717, 1.165) is 109 Å². The van der Waals surface area contributed by atoms with Crippen molar-refractivity contribution in [3.63, 3.8) is 0 Å². The average molecular weight is 743 g/mol. The maximum Gasteiger partial charge on any atom is 0.306 e. The molecule has 5 heteroatoms. The van der Waals surface area contributed by atoms with E-state index in [2.05, 4.69) is 135 Å². The molecule has 0 radical (unpaired) electrons. The van der Waals surface area contributed by atoms with Crippen LogP contribution in [0.2, 0.25) is 0 Å². The Balaban J connectivity index is 3.77. The van der Waals surface area contributed by atoms with E-state index < -0.39 is 12.1 Å². The lowest BCUT2D eigenvalue weighted by atomic mass is 10.1. The van der Waals surface area contributed by atoms with E-state index >= 15 is 0 Å². The number of esters is 2. The molecule has 1 unspecified atom stereocenters. The number of carbonyl (C=O) groups is 2. The number of ether oxygens (including phenoxy) is 2. The van der Waals surface area contributed by atoms with Crippen molar-refractivity contribution < 1.29 is 24.2 Å². The molecular formula is C49H74O5. The van der Waals surface area contributed by atoms with Crippen molar-refractivity contribution in [1.29, 1.82) is 0 Å². The molecule has 1 atom stereocenters. The second-order valence-electron chi connectivity index (χ2n) is 12.9. The molecule has 0 amide bonds. The Morgan fingerprint density at radius 2 is 0.778 bits per heavy atom. The highest BCUT2D eigenvalue weighted by Gasteiger charge is 2.15. The fraction of sp³-hybridized carbons (Fsp3) is 0.510. The van der Waals surface area contributed by atoms with Crippen LogP contribution in [-0.2, 0) is 19.1 Å². The van der Waals surface area contributed by atoms with E-state index in [-0.39, 0.29) is 25.6 Å². The van der Waals surface area contributed by atoms with Crippen molar-refractivity contribution >= 4 is 11.9 Å². The fourth-order valence-corrected chi connectivity index (χ4v) is 4.90. The van der Waals surface area contributed by atoms with Gasteiger partial charge in [-0.1, -0.05) is 167 Å². The first-order valence-electron chi connectivity index (χ1n) is 20.7. The zero-order valence-corrected chi connectivity index (χ0v) is 33.9. The van der Waals surface area contributed by atoms with E-state index in [9.17, 15) is 14.7 Å². The molecule has 0 rings (SSSR count). The maximum atomic E-state index is 12.2. The van der Waals surface area contributed by atoms with Crippen molar-refractivity contribution in [3.8, 4) is 0 Å². The number of carbonyl (C=O) groups excluding carboxylic acids is 2. The molecule has 300 valence electrons. The number of aliphatic hydroxyl groups is 1. The first-order chi connectivity index (χ1) is 26.6. The largest absolute Gasteiger partial charge is 0.462 e. The second-order valence-corrected chi connectivity index (χ2v) is 12.9. The van der Waals surface area contributed by atoms with Crippen LogP contribution in [0.1, 0.15) is 142 Å². The van der Waals surface area contributed by atoms with Crippen LogP contribution >= 0.6 is 0 Å². The molecule has 0 aliphatic heterocycles. The number of aliphatic hydroxyl groups excluding tert-OH is 1. The summed E-state index contributed by atoms with van der Waals surface area (Å²) in [5.41, 5.74) is 0. The molecular weight excluding hydrogens is 669 g/mol. The Morgan fingerprint density at radius 3 is 1.19 bits per heavy atom. The zero-order valence-electron chi connectivity index (χ0n) is 33.9. The van der Waals surface area contributed by atoms with Crippen LogP contribution in [0.3, 0.4) is 0 Å². The standard InChI is InChI=1S/C49H74O5/c1-3-5-7-9-11-13-15-17-19-21-23-24-26-27-29-31-33-35-37-39-41-43-48(51)53-46-47(45-50)54-49(52)44-42-40-38-36-34-32-30-28-25-22-20-18-16-14-12-10-8-6-4-2/h5-8,11-14,17-20,23-25,27-29,32,34,38,40,47,50H,3-4,9-10,15-16,21-22,26,30-31,33,35-37,39,41-46H2,1-2H3/b7-5-,8-6-,13-11-,14-12-,19-17-,20-18-,24-23-,28-25-,29-27-,34-32-,40-38-. The minimum atomic E-state index is -0.831. The van der Waals surface area contributed by atoms with Gasteiger partial charge in [0.2, 0.25) is 0 Å². The third-order valence-electron chi connectivity index (χ3n) is 7.95. The molecule has 5 nitrogen and oxygen atoms in total. The van der Waals surface area contributed by atoms with Gasteiger partial charge in [0.15, 0.2) is 6.10 Å². The summed E-state index contributed by atoms with van der Waals surface area (Å²) in [6, 6.07) is 0. The van der Waals surface area contributed by atoms with Gasteiger partial charge in [-0.2, -0.15) is 0 Å². The van der Waals surface area contributed by atoms with Crippen LogP contribution in [0.15, 0.2) is 134 Å². The predicted molar refractivity (Wildman–Crippen MR) is 232 cm³/mol. The number of rotatable bonds is 35. The highest BCUT2D eigenvalue weighted by molar-refractivity contribution is 5.70. The highest BCUT2D eigenvalue weighted by Crippen LogP contribution is 2.09. The smallest absolute Gasteiger partial charge is 0.306 e. The minimum absolute atomic E-state index is 0.117. The maximum absolute atomic E-state index is 12.2. The Bertz CT molecular complexity index is 1200. The number of hydrogen-bond acceptors (Lipinski definition) is 5. The van der Waals surface area contributed by atoms with Crippen molar-refractivity contribution in [2.75, 3.05) is 13.2 Å². The van der Waals surface area contributed by atoms with Crippen LogP contribution < -0.4 is 0 Å². The van der Waals surface area contributed by atoms with E-state index in [0.29, 0.717) is 12.8 Å². The lowest BCUT2D eigenvalue weighted by Gasteiger charge is -2.15. The third-order valence-corrected chi connectivity index (χ3v) is 7.95. The number of unbranched alkanes of at least 4 members (excludes halogenated alkanes) is 5. The molecule has 0 fully saturated rings. The van der Waals surface area contributed by atoms with Gasteiger partial charge in [0.05, 0.1) is 6.61 Å². The van der Waals surface area contributed by atoms with Gasteiger partial charge in [0, 0.05) is 12.8 Å². The SMILES string of the molecule is CC/C=C\C/C=C\C/C=C\C/C=C\C/C=C\C/C=C\CCC(=O)OC(CO)COC(=O)CCCCCCC/C=C\C/C=C\C/C=C\C/C=C\C/C=C\CC. The van der Waals surface area contributed by atoms with Crippen molar-refractivity contribution in [3.05, 3.63) is 134 Å². The van der Waals surface area contributed by atoms with Crippen LogP contribution in [-0.4, -0.2) is 36.4 Å². The van der Waals surface area contributed by atoms with E-state index in [1.165, 1.54) is 0 Å². The van der Waals surface area contributed by atoms with Crippen LogP contribution in [0.5, 0.6) is 0 Å². The molecule has 0 bridgehead atoms. The highest BCUT2D eigenvalue weighted by atomic mass is 16.6. The summed E-state index contributed by atoms with van der Waals surface area (Å²) in [6.07, 6.45) is 65.2. The van der Waals surface area contributed by atoms with Gasteiger partial charge in [-0.3, -0.25) is 9.59 Å². The van der Waals surface area contributed by atoms with Gasteiger partial charge in [-0.05, 0) is 96.3 Å². The molecule has 0 aliphatic carbocycles. The molecule has 0 aromatic heterocycles. The van der Waals surface area contributed by atoms with Gasteiger partial charge in [0.1, 0.15) is 6.61 Å². The van der Waals surface area contributed by atoms with Crippen molar-refractivity contribution in [2.24, 2.45) is 0 Å². The topological polar surface area (TPSA) is 72.8 Å². The minimum Gasteiger partial charge on any atom is -0.462 e. The summed E-state index contributed by atoms with van der Waals surface area (Å²) in [5, 5.41) is 9.56. The molecule has 0 heterocycles. The third kappa shape index (κ3) is 40.8. The van der Waals surface area contributed by atoms with Gasteiger partial charge < -0.3 is 14.6 Å². The zero-order chi connectivity index (χ0) is 39.3. The number of allylic oxidation sites excluding steroid dienone is 22. The Kier molecular flexibility index (Phi) is 40.3. The lowest BCUT2D eigenvalue weighted by Crippen LogP contribution is -2.28. The molecule has 0 spiro atoms. The van der Waals surface area contributed by atoms with Gasteiger partial charge in [-0.25, -0.2) is 0 Å². The molecule has 0 aliphatic rings. The van der Waals surface area contributed by atoms with E-state index in [1.807, 2.05) is 12.2 Å². The fourth-order valence-electron chi connectivity index (χ4n) is 4.90. The van der Waals surface area contributed by atoms with Crippen LogP contribution in [0.4, 0.5) is 0 Å². The summed E-state index contributed by atoms with van der Waals surface area (Å²) in [4.78, 5) is 24.3. The normalized spacial score (nSPS) is 13.6. The molecule has 54 heavy (non-hydrogen) atoms. The summed E-state index contributed by atoms with van der Waals surface area (Å²) < 4.78 is 10.5. The molecule has 1 N–H and O–H groups in total. The van der Waals surface area contributed by atoms with Gasteiger partial charge in [0.25, 0.3) is 0 Å². The van der Waals surface area contributed by atoms with E-state index in [4.69, 9.17) is 9.47 Å². The molecule has 0 aromatic rings. The Morgan fingerprint density at radius 1 is 0.426 bits per heavy atom. The molecule has 0 saturated carbocycles. The summed E-state index contributed by atoms with van der Waals surface area (Å²) in [6.45, 7) is 3.80. The predicted octanol–water partition coefficient (Wildman–Crippen LogP) is 13.4. The first-order valence-corrected chi connectivity index (χ1v) is 20.7. The van der Waals surface area contributed by atoms with Crippen molar-refractivity contribution in [1.82, 2.24) is 0 Å². The Labute approximate surface area is 330 Å². The first kappa shape index (κ1) is 50.0. The number of hydrogen-bond donors (Lipinski definition) is 1. The second kappa shape index (κ2) is 43.4. The van der Waals surface area contributed by atoms with Gasteiger partial charge in [-0.15, -0.1) is 0 Å². The molecule has 0 aromatic carbocycles. The summed E-state index contributed by atoms with van der Waals surface area (Å²) in [7, 11) is 0. The molecule has 0 saturated heterocycles. The monoisotopic (exact) mass is 743 g/mol. The lowest BCUT2D eigenvalue weighted by molar-refractivity contribution is -0.161.